The van der Waals surface area contributed by atoms with E-state index in [9.17, 15) is 17.6 Å². The van der Waals surface area contributed by atoms with Gasteiger partial charge in [0.05, 0.1) is 6.42 Å². The lowest BCUT2D eigenvalue weighted by Crippen LogP contribution is -2.23. The summed E-state index contributed by atoms with van der Waals surface area (Å²) in [6, 6.07) is 0. The van der Waals surface area contributed by atoms with E-state index in [1.54, 1.807) is 0 Å². The van der Waals surface area contributed by atoms with Crippen LogP contribution in [0.2, 0.25) is 0 Å². The van der Waals surface area contributed by atoms with E-state index >= 15 is 0 Å². The summed E-state index contributed by atoms with van der Waals surface area (Å²) in [6.07, 6.45) is 0.0251. The van der Waals surface area contributed by atoms with Crippen LogP contribution in [0.25, 0.3) is 0 Å². The van der Waals surface area contributed by atoms with Crippen molar-refractivity contribution in [3.63, 3.8) is 0 Å². The highest BCUT2D eigenvalue weighted by atomic mass is 19.3. The first-order valence-corrected chi connectivity index (χ1v) is 4.43. The molecule has 0 aromatic carbocycles. The number of alkyl halides is 4. The van der Waals surface area contributed by atoms with Gasteiger partial charge in [-0.3, -0.25) is 4.99 Å². The summed E-state index contributed by atoms with van der Waals surface area (Å²) in [5.74, 6) is -6.80. The Morgan fingerprint density at radius 2 is 1.93 bits per heavy atom. The van der Waals surface area contributed by atoms with Crippen LogP contribution in [0.3, 0.4) is 0 Å². The molecule has 0 unspecified atom stereocenters. The fourth-order valence-corrected chi connectivity index (χ4v) is 1.81. The predicted octanol–water partition coefficient (Wildman–Crippen LogP) is 2.82. The number of hydrogen-bond donors (Lipinski definition) is 0. The zero-order valence-electron chi connectivity index (χ0n) is 7.36. The second kappa shape index (κ2) is 2.81. The number of halogens is 4. The van der Waals surface area contributed by atoms with Crippen LogP contribution in [0.1, 0.15) is 19.3 Å². The van der Waals surface area contributed by atoms with E-state index in [0.29, 0.717) is 25.5 Å². The molecule has 1 aliphatic carbocycles. The van der Waals surface area contributed by atoms with Crippen LogP contribution in [-0.2, 0) is 0 Å². The molecule has 78 valence electrons. The first-order chi connectivity index (χ1) is 6.41. The number of rotatable bonds is 1. The highest BCUT2D eigenvalue weighted by Crippen LogP contribution is 2.45. The van der Waals surface area contributed by atoms with E-state index < -0.39 is 23.8 Å². The first-order valence-electron chi connectivity index (χ1n) is 4.43. The molecule has 0 bridgehead atoms. The maximum atomic E-state index is 13.1. The highest BCUT2D eigenvalue weighted by molar-refractivity contribution is 6.03. The van der Waals surface area contributed by atoms with Gasteiger partial charge in [-0.15, -0.1) is 0 Å². The fourth-order valence-electron chi connectivity index (χ4n) is 1.81. The Morgan fingerprint density at radius 3 is 2.36 bits per heavy atom. The summed E-state index contributed by atoms with van der Waals surface area (Å²) in [7, 11) is 0. The standard InChI is InChI=1S/C9H9F4N/c10-8(11)4-6(9(12,13)5-8)7-2-1-3-14-7/h4H,1-3,5H2. The van der Waals surface area contributed by atoms with E-state index in [1.807, 2.05) is 0 Å². The van der Waals surface area contributed by atoms with Crippen LogP contribution in [0, 0.1) is 0 Å². The van der Waals surface area contributed by atoms with Gasteiger partial charge < -0.3 is 0 Å². The molecule has 2 aliphatic rings. The van der Waals surface area contributed by atoms with Crippen LogP contribution < -0.4 is 0 Å². The molecule has 0 amide bonds. The van der Waals surface area contributed by atoms with Crippen molar-refractivity contribution in [2.45, 2.75) is 31.1 Å². The van der Waals surface area contributed by atoms with Crippen molar-refractivity contribution < 1.29 is 17.6 Å². The predicted molar refractivity (Wildman–Crippen MR) is 44.1 cm³/mol. The molecule has 0 fully saturated rings. The summed E-state index contributed by atoms with van der Waals surface area (Å²) in [6.45, 7) is 0.467. The molecule has 1 heterocycles. The molecule has 0 aromatic heterocycles. The van der Waals surface area contributed by atoms with Gasteiger partial charge in [0.2, 0.25) is 0 Å². The minimum absolute atomic E-state index is 0.159. The van der Waals surface area contributed by atoms with Crippen LogP contribution >= 0.6 is 0 Å². The van der Waals surface area contributed by atoms with Crippen molar-refractivity contribution in [1.82, 2.24) is 0 Å². The summed E-state index contributed by atoms with van der Waals surface area (Å²) in [4.78, 5) is 3.81. The Morgan fingerprint density at radius 1 is 1.21 bits per heavy atom. The molecular formula is C9H9F4N. The molecule has 5 heteroatoms. The van der Waals surface area contributed by atoms with E-state index in [2.05, 4.69) is 4.99 Å². The van der Waals surface area contributed by atoms with Crippen molar-refractivity contribution in [1.29, 1.82) is 0 Å². The fraction of sp³-hybridized carbons (Fsp3) is 0.667. The first kappa shape index (κ1) is 9.68. The van der Waals surface area contributed by atoms with Gasteiger partial charge in [0, 0.05) is 17.8 Å². The monoisotopic (exact) mass is 207 g/mol. The number of allylic oxidation sites excluding steroid dienone is 2. The summed E-state index contributed by atoms with van der Waals surface area (Å²) < 4.78 is 51.7. The Balaban J connectivity index is 2.33. The molecule has 0 saturated heterocycles. The van der Waals surface area contributed by atoms with Gasteiger partial charge in [-0.1, -0.05) is 0 Å². The van der Waals surface area contributed by atoms with E-state index in [-0.39, 0.29) is 5.71 Å². The Hall–Kier alpha value is -0.870. The van der Waals surface area contributed by atoms with E-state index in [4.69, 9.17) is 0 Å². The number of hydrogen-bond acceptors (Lipinski definition) is 1. The molecule has 2 rings (SSSR count). The van der Waals surface area contributed by atoms with Crippen LogP contribution in [-0.4, -0.2) is 24.1 Å². The molecule has 1 aliphatic heterocycles. The van der Waals surface area contributed by atoms with Gasteiger partial charge in [-0.2, -0.15) is 0 Å². The Labute approximate surface area is 78.5 Å². The molecule has 1 nitrogen and oxygen atoms in total. The molecule has 0 atom stereocenters. The van der Waals surface area contributed by atoms with E-state index in [1.165, 1.54) is 0 Å². The Kier molecular flexibility index (Phi) is 1.94. The average molecular weight is 207 g/mol. The summed E-state index contributed by atoms with van der Waals surface area (Å²) >= 11 is 0. The number of nitrogens with zero attached hydrogens (tertiary/aromatic N) is 1. The lowest BCUT2D eigenvalue weighted by Gasteiger charge is -2.13. The van der Waals surface area contributed by atoms with Gasteiger partial charge >= 0.3 is 0 Å². The van der Waals surface area contributed by atoms with Crippen molar-refractivity contribution in [3.8, 4) is 0 Å². The average Bonchev–Trinajstić information content (AvgIpc) is 2.54. The molecule has 0 saturated carbocycles. The van der Waals surface area contributed by atoms with Crippen molar-refractivity contribution in [2.75, 3.05) is 6.54 Å². The molecule has 0 N–H and O–H groups in total. The van der Waals surface area contributed by atoms with Crippen LogP contribution in [0.15, 0.2) is 16.6 Å². The number of aliphatic imine (C=N–C) groups is 1. The molecular weight excluding hydrogens is 198 g/mol. The minimum Gasteiger partial charge on any atom is -0.289 e. The SMILES string of the molecule is FC1(F)C=C(C2=NCCC2)C(F)(F)C1. The molecule has 14 heavy (non-hydrogen) atoms. The molecule has 0 aromatic rings. The zero-order valence-corrected chi connectivity index (χ0v) is 7.36. The quantitative estimate of drug-likeness (QED) is 0.586. The van der Waals surface area contributed by atoms with Gasteiger partial charge in [-0.25, -0.2) is 17.6 Å². The Bertz CT molecular complexity index is 317. The van der Waals surface area contributed by atoms with Gasteiger partial charge in [0.1, 0.15) is 0 Å². The molecule has 0 radical (unpaired) electrons. The van der Waals surface area contributed by atoms with Crippen LogP contribution in [0.4, 0.5) is 17.6 Å². The van der Waals surface area contributed by atoms with Crippen molar-refractivity contribution in [3.05, 3.63) is 11.6 Å². The third-order valence-electron chi connectivity index (χ3n) is 2.39. The minimum atomic E-state index is -3.41. The van der Waals surface area contributed by atoms with Gasteiger partial charge in [0.25, 0.3) is 11.8 Å². The third kappa shape index (κ3) is 1.55. The van der Waals surface area contributed by atoms with Crippen molar-refractivity contribution in [2.24, 2.45) is 4.99 Å². The van der Waals surface area contributed by atoms with Crippen molar-refractivity contribution >= 4 is 5.71 Å². The van der Waals surface area contributed by atoms with Gasteiger partial charge in [0.15, 0.2) is 0 Å². The largest absolute Gasteiger partial charge is 0.289 e. The van der Waals surface area contributed by atoms with E-state index in [0.717, 1.165) is 0 Å². The lowest BCUT2D eigenvalue weighted by atomic mass is 10.0. The maximum absolute atomic E-state index is 13.1. The maximum Gasteiger partial charge on any atom is 0.280 e. The zero-order chi connectivity index (χ0) is 10.4. The topological polar surface area (TPSA) is 12.4 Å². The van der Waals surface area contributed by atoms with Gasteiger partial charge in [-0.05, 0) is 18.9 Å². The smallest absolute Gasteiger partial charge is 0.280 e. The summed E-state index contributed by atoms with van der Waals surface area (Å²) in [5.41, 5.74) is -0.396. The second-order valence-electron chi connectivity index (χ2n) is 3.63. The normalized spacial score (nSPS) is 28.9. The summed E-state index contributed by atoms with van der Waals surface area (Å²) in [5, 5.41) is 0. The third-order valence-corrected chi connectivity index (χ3v) is 2.39. The van der Waals surface area contributed by atoms with Crippen LogP contribution in [0.5, 0.6) is 0 Å². The highest BCUT2D eigenvalue weighted by Gasteiger charge is 2.53. The second-order valence-corrected chi connectivity index (χ2v) is 3.63. The lowest BCUT2D eigenvalue weighted by molar-refractivity contribution is -0.0376. The molecule has 0 spiro atoms.